The van der Waals surface area contributed by atoms with Gasteiger partial charge in [0.15, 0.2) is 5.78 Å². The molecule has 7 heteroatoms. The lowest BCUT2D eigenvalue weighted by Gasteiger charge is -2.12. The van der Waals surface area contributed by atoms with Gasteiger partial charge in [-0.15, -0.1) is 0 Å². The topological polar surface area (TPSA) is 92.3 Å². The summed E-state index contributed by atoms with van der Waals surface area (Å²) in [6.45, 7) is 1.79. The van der Waals surface area contributed by atoms with Gasteiger partial charge in [-0.25, -0.2) is 0 Å². The van der Waals surface area contributed by atoms with Gasteiger partial charge in [-0.1, -0.05) is 23.2 Å². The Bertz CT molecular complexity index is 1190. The van der Waals surface area contributed by atoms with Gasteiger partial charge in [0.1, 0.15) is 23.1 Å². The van der Waals surface area contributed by atoms with Gasteiger partial charge in [-0.3, -0.25) is 14.2 Å². The summed E-state index contributed by atoms with van der Waals surface area (Å²) < 4.78 is 6.27. The van der Waals surface area contributed by atoms with E-state index in [0.717, 1.165) is 5.56 Å². The second-order valence-corrected chi connectivity index (χ2v) is 6.51. The maximum atomic E-state index is 12.9. The number of nitrogens with zero attached hydrogens (tertiary/aromatic N) is 2. The molecule has 140 valence electrons. The molecule has 0 amide bonds. The van der Waals surface area contributed by atoms with Crippen LogP contribution < -0.4 is 10.3 Å². The van der Waals surface area contributed by atoms with Crippen LogP contribution in [0, 0.1) is 18.3 Å². The summed E-state index contributed by atoms with van der Waals surface area (Å²) in [4.78, 5) is 25.5. The SMILES string of the molecule is COc1ccc(-n2cc(C(=O)c3cc(C)ccc3O)cc(C#N)c2=O)cc1Cl. The molecule has 3 rings (SSSR count). The van der Waals surface area contributed by atoms with Crippen LogP contribution in [0.15, 0.2) is 53.5 Å². The fourth-order valence-electron chi connectivity index (χ4n) is 2.77. The number of aryl methyl sites for hydroxylation is 1. The lowest BCUT2D eigenvalue weighted by molar-refractivity contribution is 0.103. The highest BCUT2D eigenvalue weighted by molar-refractivity contribution is 6.32. The van der Waals surface area contributed by atoms with E-state index in [1.807, 2.05) is 6.07 Å². The zero-order chi connectivity index (χ0) is 20.4. The molecule has 0 radical (unpaired) electrons. The minimum atomic E-state index is -0.589. The van der Waals surface area contributed by atoms with Gasteiger partial charge >= 0.3 is 0 Å². The van der Waals surface area contributed by atoms with Gasteiger partial charge in [0.25, 0.3) is 5.56 Å². The molecule has 0 aliphatic heterocycles. The lowest BCUT2D eigenvalue weighted by Crippen LogP contribution is -2.22. The number of rotatable bonds is 4. The average molecular weight is 395 g/mol. The van der Waals surface area contributed by atoms with E-state index in [0.29, 0.717) is 11.4 Å². The highest BCUT2D eigenvalue weighted by atomic mass is 35.5. The molecular formula is C21H15ClN2O4. The zero-order valence-corrected chi connectivity index (χ0v) is 15.8. The molecule has 28 heavy (non-hydrogen) atoms. The number of hydrogen-bond acceptors (Lipinski definition) is 5. The monoisotopic (exact) mass is 394 g/mol. The van der Waals surface area contributed by atoms with E-state index in [1.165, 1.54) is 36.1 Å². The standard InChI is InChI=1S/C21H15ClN2O4/c1-12-3-5-18(25)16(7-12)20(26)14-8-13(10-23)21(27)24(11-14)15-4-6-19(28-2)17(22)9-15/h3-9,11,25H,1-2H3. The minimum Gasteiger partial charge on any atom is -0.507 e. The van der Waals surface area contributed by atoms with Crippen molar-refractivity contribution < 1.29 is 14.6 Å². The number of phenolic OH excluding ortho intramolecular Hbond substituents is 1. The molecule has 0 aliphatic rings. The summed E-state index contributed by atoms with van der Waals surface area (Å²) in [6.07, 6.45) is 1.32. The molecule has 0 aliphatic carbocycles. The van der Waals surface area contributed by atoms with Crippen LogP contribution in [0.2, 0.25) is 5.02 Å². The zero-order valence-electron chi connectivity index (χ0n) is 15.1. The molecule has 1 aromatic heterocycles. The smallest absolute Gasteiger partial charge is 0.273 e. The first-order valence-corrected chi connectivity index (χ1v) is 8.58. The summed E-state index contributed by atoms with van der Waals surface area (Å²) in [6, 6.07) is 12.3. The third kappa shape index (κ3) is 3.48. The molecule has 0 saturated heterocycles. The molecule has 0 unspecified atom stereocenters. The van der Waals surface area contributed by atoms with E-state index in [1.54, 1.807) is 31.2 Å². The van der Waals surface area contributed by atoms with Gasteiger partial charge in [0, 0.05) is 11.8 Å². The normalized spacial score (nSPS) is 10.4. The van der Waals surface area contributed by atoms with Gasteiger partial charge in [0.05, 0.1) is 23.4 Å². The van der Waals surface area contributed by atoms with Crippen molar-refractivity contribution in [1.82, 2.24) is 4.57 Å². The van der Waals surface area contributed by atoms with Crippen LogP contribution in [0.25, 0.3) is 5.69 Å². The minimum absolute atomic E-state index is 0.0850. The molecule has 0 fully saturated rings. The fraction of sp³-hybridized carbons (Fsp3) is 0.0952. The van der Waals surface area contributed by atoms with Crippen molar-refractivity contribution in [1.29, 1.82) is 5.26 Å². The predicted molar refractivity (Wildman–Crippen MR) is 105 cm³/mol. The van der Waals surface area contributed by atoms with Crippen LogP contribution in [0.3, 0.4) is 0 Å². The Hall–Kier alpha value is -3.56. The Labute approximate surface area is 165 Å². The van der Waals surface area contributed by atoms with E-state index in [-0.39, 0.29) is 27.5 Å². The van der Waals surface area contributed by atoms with Gasteiger partial charge in [0.2, 0.25) is 0 Å². The van der Waals surface area contributed by atoms with Crippen molar-refractivity contribution >= 4 is 17.4 Å². The number of nitriles is 1. The molecule has 0 saturated carbocycles. The Balaban J connectivity index is 2.20. The summed E-state index contributed by atoms with van der Waals surface area (Å²) in [5.74, 6) is -0.263. The second kappa shape index (κ2) is 7.59. The number of phenols is 1. The highest BCUT2D eigenvalue weighted by Crippen LogP contribution is 2.27. The molecule has 1 N–H and O–H groups in total. The summed E-state index contributed by atoms with van der Waals surface area (Å²) in [7, 11) is 1.47. The predicted octanol–water partition coefficient (Wildman–Crippen LogP) is 3.62. The molecule has 0 bridgehead atoms. The maximum absolute atomic E-state index is 12.9. The van der Waals surface area contributed by atoms with Crippen LogP contribution >= 0.6 is 11.6 Å². The van der Waals surface area contributed by atoms with Crippen molar-refractivity contribution in [2.75, 3.05) is 7.11 Å². The average Bonchev–Trinajstić information content (AvgIpc) is 2.69. The number of methoxy groups -OCH3 is 1. The number of ketones is 1. The van der Waals surface area contributed by atoms with Crippen LogP contribution in [0.1, 0.15) is 27.0 Å². The molecule has 0 spiro atoms. The van der Waals surface area contributed by atoms with E-state index in [9.17, 15) is 20.0 Å². The Morgan fingerprint density at radius 3 is 2.61 bits per heavy atom. The molecular weight excluding hydrogens is 380 g/mol. The molecule has 3 aromatic rings. The van der Waals surface area contributed by atoms with Crippen molar-refractivity contribution in [3.63, 3.8) is 0 Å². The Morgan fingerprint density at radius 1 is 1.21 bits per heavy atom. The Kier molecular flexibility index (Phi) is 5.21. The van der Waals surface area contributed by atoms with Gasteiger partial charge in [-0.05, 0) is 43.3 Å². The van der Waals surface area contributed by atoms with Gasteiger partial charge in [-0.2, -0.15) is 5.26 Å². The number of ether oxygens (including phenoxy) is 1. The lowest BCUT2D eigenvalue weighted by atomic mass is 10.0. The number of carbonyl (C=O) groups excluding carboxylic acids is 1. The van der Waals surface area contributed by atoms with E-state index < -0.39 is 11.3 Å². The van der Waals surface area contributed by atoms with Crippen molar-refractivity contribution in [2.24, 2.45) is 0 Å². The maximum Gasteiger partial charge on any atom is 0.273 e. The first-order valence-electron chi connectivity index (χ1n) is 8.20. The number of pyridine rings is 1. The number of hydrogen-bond donors (Lipinski definition) is 1. The fourth-order valence-corrected chi connectivity index (χ4v) is 3.02. The second-order valence-electron chi connectivity index (χ2n) is 6.10. The molecule has 2 aromatic carbocycles. The quantitative estimate of drug-likeness (QED) is 0.682. The first kappa shape index (κ1) is 19.2. The molecule has 6 nitrogen and oxygen atoms in total. The van der Waals surface area contributed by atoms with Gasteiger partial charge < -0.3 is 9.84 Å². The number of benzene rings is 2. The summed E-state index contributed by atoms with van der Waals surface area (Å²) >= 11 is 6.14. The number of halogens is 1. The van der Waals surface area contributed by atoms with E-state index in [2.05, 4.69) is 0 Å². The van der Waals surface area contributed by atoms with Crippen LogP contribution in [0.4, 0.5) is 0 Å². The summed E-state index contributed by atoms with van der Waals surface area (Å²) in [5.41, 5.74) is 0.539. The molecule has 0 atom stereocenters. The highest BCUT2D eigenvalue weighted by Gasteiger charge is 2.18. The van der Waals surface area contributed by atoms with Crippen molar-refractivity contribution in [3.8, 4) is 23.3 Å². The number of aromatic nitrogens is 1. The molecule has 1 heterocycles. The van der Waals surface area contributed by atoms with E-state index in [4.69, 9.17) is 16.3 Å². The van der Waals surface area contributed by atoms with Crippen LogP contribution in [0.5, 0.6) is 11.5 Å². The number of aromatic hydroxyl groups is 1. The third-order valence-electron chi connectivity index (χ3n) is 4.21. The van der Waals surface area contributed by atoms with Crippen LogP contribution in [-0.4, -0.2) is 22.6 Å². The Morgan fingerprint density at radius 2 is 1.96 bits per heavy atom. The first-order chi connectivity index (χ1) is 13.3. The number of carbonyl (C=O) groups is 1. The summed E-state index contributed by atoms with van der Waals surface area (Å²) in [5, 5.41) is 19.7. The van der Waals surface area contributed by atoms with E-state index >= 15 is 0 Å². The largest absolute Gasteiger partial charge is 0.507 e. The van der Waals surface area contributed by atoms with Crippen molar-refractivity contribution in [3.05, 3.63) is 86.3 Å². The van der Waals surface area contributed by atoms with Crippen molar-refractivity contribution in [2.45, 2.75) is 6.92 Å². The van der Waals surface area contributed by atoms with Crippen LogP contribution in [-0.2, 0) is 0 Å². The third-order valence-corrected chi connectivity index (χ3v) is 4.51.